The van der Waals surface area contributed by atoms with Crippen molar-refractivity contribution in [3.05, 3.63) is 42.1 Å². The minimum absolute atomic E-state index is 0.214. The molecular formula is C11H10BF2N3O4S. The maximum absolute atomic E-state index is 13.5. The number of benzene rings is 1. The van der Waals surface area contributed by atoms with Crippen LogP contribution in [0.5, 0.6) is 0 Å². The van der Waals surface area contributed by atoms with Crippen LogP contribution in [0.25, 0.3) is 0 Å². The third-order valence-electron chi connectivity index (χ3n) is 2.67. The number of halogens is 2. The molecule has 5 N–H and O–H groups in total. The standard InChI is InChI=1S/C11H10BF2N3O4S/c13-7-1-2-9(8(14)4-7)17-22(20,21)10-3-6(12(18)19)5-16-11(10)15/h1-5,17-19H,(H2,15,16). The molecule has 0 bridgehead atoms. The molecule has 0 aliphatic heterocycles. The number of hydrogen-bond acceptors (Lipinski definition) is 6. The van der Waals surface area contributed by atoms with Gasteiger partial charge < -0.3 is 15.8 Å². The SMILES string of the molecule is Nc1ncc(B(O)O)cc1S(=O)(=O)Nc1ccc(F)cc1F. The predicted octanol–water partition coefficient (Wildman–Crippen LogP) is -0.577. The first-order valence-corrected chi connectivity index (χ1v) is 7.28. The summed E-state index contributed by atoms with van der Waals surface area (Å²) in [4.78, 5) is 2.96. The fourth-order valence-electron chi connectivity index (χ4n) is 1.60. The van der Waals surface area contributed by atoms with E-state index in [1.165, 1.54) is 0 Å². The van der Waals surface area contributed by atoms with Crippen LogP contribution in [0, 0.1) is 11.6 Å². The van der Waals surface area contributed by atoms with Gasteiger partial charge in [-0.1, -0.05) is 0 Å². The van der Waals surface area contributed by atoms with Crippen molar-refractivity contribution < 1.29 is 27.2 Å². The maximum atomic E-state index is 13.5. The van der Waals surface area contributed by atoms with Crippen molar-refractivity contribution in [3.63, 3.8) is 0 Å². The molecule has 1 aromatic carbocycles. The second kappa shape index (κ2) is 5.87. The highest BCUT2D eigenvalue weighted by molar-refractivity contribution is 7.92. The minimum Gasteiger partial charge on any atom is -0.423 e. The van der Waals surface area contributed by atoms with Crippen LogP contribution >= 0.6 is 0 Å². The minimum atomic E-state index is -4.36. The van der Waals surface area contributed by atoms with Crippen LogP contribution in [0.3, 0.4) is 0 Å². The molecule has 11 heteroatoms. The van der Waals surface area contributed by atoms with Gasteiger partial charge in [-0.25, -0.2) is 22.2 Å². The van der Waals surface area contributed by atoms with Crippen LogP contribution in [0.2, 0.25) is 0 Å². The largest absolute Gasteiger partial charge is 0.490 e. The molecule has 116 valence electrons. The fourth-order valence-corrected chi connectivity index (χ4v) is 2.78. The van der Waals surface area contributed by atoms with Gasteiger partial charge in [0, 0.05) is 17.7 Å². The maximum Gasteiger partial charge on any atom is 0.490 e. The van der Waals surface area contributed by atoms with Crippen LogP contribution in [-0.4, -0.2) is 30.6 Å². The van der Waals surface area contributed by atoms with E-state index in [1.807, 2.05) is 4.72 Å². The molecule has 0 fully saturated rings. The average Bonchev–Trinajstić information content (AvgIpc) is 2.42. The highest BCUT2D eigenvalue weighted by atomic mass is 32.2. The van der Waals surface area contributed by atoms with Crippen LogP contribution < -0.4 is 15.9 Å². The highest BCUT2D eigenvalue weighted by Gasteiger charge is 2.23. The van der Waals surface area contributed by atoms with Crippen molar-refractivity contribution in [2.45, 2.75) is 4.90 Å². The number of aromatic nitrogens is 1. The summed E-state index contributed by atoms with van der Waals surface area (Å²) >= 11 is 0. The summed E-state index contributed by atoms with van der Waals surface area (Å²) in [5.41, 5.74) is 4.74. The summed E-state index contributed by atoms with van der Waals surface area (Å²) in [5.74, 6) is -2.40. The molecule has 0 unspecified atom stereocenters. The van der Waals surface area contributed by atoms with Gasteiger partial charge in [0.1, 0.15) is 22.3 Å². The lowest BCUT2D eigenvalue weighted by Crippen LogP contribution is -2.32. The molecule has 1 aromatic heterocycles. The Balaban J connectivity index is 2.44. The molecule has 0 amide bonds. The van der Waals surface area contributed by atoms with E-state index in [4.69, 9.17) is 15.8 Å². The first kappa shape index (κ1) is 16.1. The normalized spacial score (nSPS) is 11.3. The van der Waals surface area contributed by atoms with Crippen molar-refractivity contribution in [2.24, 2.45) is 0 Å². The number of anilines is 2. The van der Waals surface area contributed by atoms with E-state index in [1.54, 1.807) is 0 Å². The van der Waals surface area contributed by atoms with Gasteiger partial charge >= 0.3 is 7.12 Å². The average molecular weight is 329 g/mol. The number of nitrogens with zero attached hydrogens (tertiary/aromatic N) is 1. The Morgan fingerprint density at radius 1 is 1.23 bits per heavy atom. The summed E-state index contributed by atoms with van der Waals surface area (Å²) in [6, 6.07) is 3.16. The monoisotopic (exact) mass is 329 g/mol. The molecule has 2 rings (SSSR count). The first-order chi connectivity index (χ1) is 10.2. The Kier molecular flexibility index (Phi) is 4.31. The Morgan fingerprint density at radius 3 is 2.50 bits per heavy atom. The Labute approximate surface area is 124 Å². The van der Waals surface area contributed by atoms with E-state index < -0.39 is 45.2 Å². The topological polar surface area (TPSA) is 126 Å². The zero-order valence-corrected chi connectivity index (χ0v) is 11.7. The zero-order chi connectivity index (χ0) is 16.5. The quantitative estimate of drug-likeness (QED) is 0.556. The van der Waals surface area contributed by atoms with Crippen LogP contribution in [0.15, 0.2) is 35.4 Å². The molecular weight excluding hydrogens is 319 g/mol. The van der Waals surface area contributed by atoms with Crippen molar-refractivity contribution in [3.8, 4) is 0 Å². The van der Waals surface area contributed by atoms with Gasteiger partial charge in [0.05, 0.1) is 5.69 Å². The third-order valence-corrected chi connectivity index (χ3v) is 4.06. The number of rotatable bonds is 4. The molecule has 0 saturated heterocycles. The van der Waals surface area contributed by atoms with E-state index >= 15 is 0 Å². The number of sulfonamides is 1. The summed E-state index contributed by atoms with van der Waals surface area (Å²) < 4.78 is 52.6. The Morgan fingerprint density at radius 2 is 1.91 bits per heavy atom. The van der Waals surface area contributed by atoms with Gasteiger partial charge in [-0.15, -0.1) is 0 Å². The third kappa shape index (κ3) is 3.32. The van der Waals surface area contributed by atoms with Crippen molar-refractivity contribution in [1.29, 1.82) is 0 Å². The lowest BCUT2D eigenvalue weighted by atomic mass is 9.82. The Hall–Kier alpha value is -2.24. The van der Waals surface area contributed by atoms with E-state index in [9.17, 15) is 17.2 Å². The van der Waals surface area contributed by atoms with E-state index in [0.717, 1.165) is 24.4 Å². The van der Waals surface area contributed by atoms with Gasteiger partial charge in [0.2, 0.25) is 0 Å². The van der Waals surface area contributed by atoms with Crippen molar-refractivity contribution in [1.82, 2.24) is 4.98 Å². The molecule has 0 saturated carbocycles. The molecule has 22 heavy (non-hydrogen) atoms. The van der Waals surface area contributed by atoms with Crippen LogP contribution in [0.1, 0.15) is 0 Å². The summed E-state index contributed by atoms with van der Waals surface area (Å²) in [7, 11) is -6.31. The lowest BCUT2D eigenvalue weighted by Gasteiger charge is -2.11. The second-order valence-electron chi connectivity index (χ2n) is 4.26. The summed E-state index contributed by atoms with van der Waals surface area (Å²) in [5, 5.41) is 18.1. The molecule has 0 radical (unpaired) electrons. The van der Waals surface area contributed by atoms with E-state index in [2.05, 4.69) is 4.98 Å². The van der Waals surface area contributed by atoms with Crippen LogP contribution in [0.4, 0.5) is 20.3 Å². The molecule has 0 spiro atoms. The number of nitrogens with two attached hydrogens (primary N) is 1. The van der Waals surface area contributed by atoms with Crippen LogP contribution in [-0.2, 0) is 10.0 Å². The number of nitrogen functional groups attached to an aromatic ring is 1. The fraction of sp³-hybridized carbons (Fsp3) is 0. The molecule has 2 aromatic rings. The molecule has 0 atom stereocenters. The number of nitrogens with one attached hydrogen (secondary N) is 1. The van der Waals surface area contributed by atoms with Gasteiger partial charge in [-0.05, 0) is 18.2 Å². The van der Waals surface area contributed by atoms with E-state index in [0.29, 0.717) is 6.07 Å². The smallest absolute Gasteiger partial charge is 0.423 e. The lowest BCUT2D eigenvalue weighted by molar-refractivity contribution is 0.425. The van der Waals surface area contributed by atoms with Gasteiger partial charge in [-0.2, -0.15) is 0 Å². The zero-order valence-electron chi connectivity index (χ0n) is 10.9. The van der Waals surface area contributed by atoms with Gasteiger partial charge in [-0.3, -0.25) is 4.72 Å². The van der Waals surface area contributed by atoms with E-state index in [-0.39, 0.29) is 5.46 Å². The number of hydrogen-bond donors (Lipinski definition) is 4. The predicted molar refractivity (Wildman–Crippen MR) is 75.6 cm³/mol. The number of pyridine rings is 1. The summed E-state index contributed by atoms with van der Waals surface area (Å²) in [6.45, 7) is 0. The molecule has 1 heterocycles. The first-order valence-electron chi connectivity index (χ1n) is 5.80. The molecule has 0 aliphatic carbocycles. The molecule has 7 nitrogen and oxygen atoms in total. The summed E-state index contributed by atoms with van der Waals surface area (Å²) in [6.07, 6.45) is 0.984. The second-order valence-corrected chi connectivity index (χ2v) is 5.91. The molecule has 0 aliphatic rings. The highest BCUT2D eigenvalue weighted by Crippen LogP contribution is 2.21. The van der Waals surface area contributed by atoms with Crippen molar-refractivity contribution >= 4 is 34.1 Å². The van der Waals surface area contributed by atoms with Crippen molar-refractivity contribution in [2.75, 3.05) is 10.5 Å². The van der Waals surface area contributed by atoms with Gasteiger partial charge in [0.15, 0.2) is 0 Å². The Bertz CT molecular complexity index is 817. The van der Waals surface area contributed by atoms with Gasteiger partial charge in [0.25, 0.3) is 10.0 Å².